The van der Waals surface area contributed by atoms with Crippen LogP contribution in [0.2, 0.25) is 0 Å². The molecule has 7 heteroatoms. The molecule has 0 N–H and O–H groups in total. The molecule has 3 aromatic heterocycles. The first kappa shape index (κ1) is 18.6. The van der Waals surface area contributed by atoms with Gasteiger partial charge in [0.2, 0.25) is 0 Å². The van der Waals surface area contributed by atoms with Crippen LogP contribution in [0.25, 0.3) is 26.1 Å². The van der Waals surface area contributed by atoms with Crippen molar-refractivity contribution in [2.45, 2.75) is 26.1 Å². The molecule has 0 bridgehead atoms. The minimum absolute atomic E-state index is 0.0969. The summed E-state index contributed by atoms with van der Waals surface area (Å²) in [5.74, 6) is 0. The average molecular weight is 389 g/mol. The number of nitrogens with zero attached hydrogens (tertiary/aromatic N) is 4. The summed E-state index contributed by atoms with van der Waals surface area (Å²) in [5.41, 5.74) is 3.28. The second-order valence-corrected chi connectivity index (χ2v) is 7.99. The molecule has 3 aromatic rings. The quantitative estimate of drug-likeness (QED) is 0.490. The Hall–Kier alpha value is -2.18. The van der Waals surface area contributed by atoms with E-state index in [0.717, 1.165) is 27.3 Å². The van der Waals surface area contributed by atoms with Crippen molar-refractivity contribution >= 4 is 54.8 Å². The zero-order valence-electron chi connectivity index (χ0n) is 15.4. The highest BCUT2D eigenvalue weighted by Gasteiger charge is 2.17. The number of rotatable bonds is 4. The maximum absolute atomic E-state index is 13.1. The lowest BCUT2D eigenvalue weighted by Crippen LogP contribution is -2.18. The monoisotopic (exact) mass is 388 g/mol. The third-order valence-electron chi connectivity index (χ3n) is 4.05. The Balaban J connectivity index is 2.30. The fourth-order valence-electron chi connectivity index (χ4n) is 2.81. The number of halogens is 1. The van der Waals surface area contributed by atoms with Crippen LogP contribution in [0.5, 0.6) is 0 Å². The molecular formula is C19H21ClN4OS. The predicted molar refractivity (Wildman–Crippen MR) is 113 cm³/mol. The van der Waals surface area contributed by atoms with Gasteiger partial charge in [0.05, 0.1) is 11.1 Å². The van der Waals surface area contributed by atoms with Crippen molar-refractivity contribution in [2.24, 2.45) is 0 Å². The maximum atomic E-state index is 13.1. The van der Waals surface area contributed by atoms with Gasteiger partial charge in [-0.2, -0.15) is 0 Å². The van der Waals surface area contributed by atoms with E-state index in [1.165, 1.54) is 11.3 Å². The van der Waals surface area contributed by atoms with Crippen LogP contribution in [-0.4, -0.2) is 34.0 Å². The highest BCUT2D eigenvalue weighted by molar-refractivity contribution is 7.25. The Bertz CT molecular complexity index is 1090. The van der Waals surface area contributed by atoms with Gasteiger partial charge in [-0.05, 0) is 32.9 Å². The van der Waals surface area contributed by atoms with Gasteiger partial charge in [0.25, 0.3) is 5.56 Å². The number of hydrogen-bond acceptors (Lipinski definition) is 5. The summed E-state index contributed by atoms with van der Waals surface area (Å²) in [6, 6.07) is 2.02. The third kappa shape index (κ3) is 3.27. The van der Waals surface area contributed by atoms with Crippen molar-refractivity contribution in [3.8, 4) is 0 Å². The molecule has 0 aliphatic heterocycles. The Morgan fingerprint density at radius 1 is 1.42 bits per heavy atom. The van der Waals surface area contributed by atoms with E-state index >= 15 is 0 Å². The summed E-state index contributed by atoms with van der Waals surface area (Å²) in [6.45, 7) is 5.71. The molecule has 136 valence electrons. The van der Waals surface area contributed by atoms with Gasteiger partial charge in [-0.15, -0.1) is 22.9 Å². The van der Waals surface area contributed by atoms with E-state index in [4.69, 9.17) is 11.6 Å². The summed E-state index contributed by atoms with van der Waals surface area (Å²) in [6.07, 6.45) is 7.13. The van der Waals surface area contributed by atoms with Crippen LogP contribution in [0, 0.1) is 6.92 Å². The normalized spacial score (nSPS) is 13.8. The molecule has 0 aromatic carbocycles. The van der Waals surface area contributed by atoms with Crippen molar-refractivity contribution in [2.75, 3.05) is 19.0 Å². The standard InChI is InChI=1S/C19H21ClN4OS/c1-6-13(8-7-11(2)20)24-10-21-16-15-14(23(4)5)9-12(3)22-18(15)26-17(16)19(24)25/h6-11H,1-5H3/b8-7-,13-6+. The van der Waals surface area contributed by atoms with E-state index in [2.05, 4.69) is 9.97 Å². The summed E-state index contributed by atoms with van der Waals surface area (Å²) < 4.78 is 2.16. The highest BCUT2D eigenvalue weighted by Crippen LogP contribution is 2.36. The number of thiophene rings is 1. The van der Waals surface area contributed by atoms with E-state index in [1.807, 2.05) is 64.1 Å². The van der Waals surface area contributed by atoms with E-state index < -0.39 is 0 Å². The molecule has 1 atom stereocenters. The molecule has 3 rings (SSSR count). The molecule has 0 aliphatic carbocycles. The summed E-state index contributed by atoms with van der Waals surface area (Å²) >= 11 is 7.38. The molecule has 0 fully saturated rings. The molecule has 0 saturated heterocycles. The molecule has 1 unspecified atom stereocenters. The maximum Gasteiger partial charge on any atom is 0.275 e. The van der Waals surface area contributed by atoms with Crippen molar-refractivity contribution < 1.29 is 0 Å². The second-order valence-electron chi connectivity index (χ2n) is 6.31. The largest absolute Gasteiger partial charge is 0.377 e. The van der Waals surface area contributed by atoms with Crippen molar-refractivity contribution in [3.05, 3.63) is 46.7 Å². The number of allylic oxidation sites excluding steroid dienone is 4. The van der Waals surface area contributed by atoms with E-state index in [0.29, 0.717) is 10.2 Å². The number of fused-ring (bicyclic) bond motifs is 3. The molecule has 0 radical (unpaired) electrons. The minimum atomic E-state index is -0.114. The van der Waals surface area contributed by atoms with Crippen LogP contribution in [-0.2, 0) is 0 Å². The Labute approximate surface area is 161 Å². The fourth-order valence-corrected chi connectivity index (χ4v) is 4.01. The number of aryl methyl sites for hydroxylation is 1. The highest BCUT2D eigenvalue weighted by atomic mass is 35.5. The topological polar surface area (TPSA) is 51.0 Å². The Morgan fingerprint density at radius 3 is 2.77 bits per heavy atom. The van der Waals surface area contributed by atoms with Gasteiger partial charge < -0.3 is 4.90 Å². The second kappa shape index (κ2) is 7.21. The SMILES string of the molecule is C/C=C(\C=C/C(C)Cl)n1cnc2c(sc3nc(C)cc(N(C)C)c32)c1=O. The number of aromatic nitrogens is 3. The first-order chi connectivity index (χ1) is 12.3. The van der Waals surface area contributed by atoms with E-state index in [9.17, 15) is 4.79 Å². The van der Waals surface area contributed by atoms with Gasteiger partial charge in [0.15, 0.2) is 0 Å². The van der Waals surface area contributed by atoms with Gasteiger partial charge in [-0.25, -0.2) is 9.97 Å². The van der Waals surface area contributed by atoms with Crippen LogP contribution in [0.3, 0.4) is 0 Å². The van der Waals surface area contributed by atoms with Crippen LogP contribution in [0.15, 0.2) is 35.4 Å². The molecule has 26 heavy (non-hydrogen) atoms. The number of anilines is 1. The lowest BCUT2D eigenvalue weighted by atomic mass is 10.2. The first-order valence-electron chi connectivity index (χ1n) is 8.31. The van der Waals surface area contributed by atoms with Crippen LogP contribution >= 0.6 is 22.9 Å². The van der Waals surface area contributed by atoms with Gasteiger partial charge in [0, 0.05) is 30.9 Å². The van der Waals surface area contributed by atoms with Gasteiger partial charge >= 0.3 is 0 Å². The third-order valence-corrected chi connectivity index (χ3v) is 5.25. The molecule has 0 aliphatic rings. The molecular weight excluding hydrogens is 368 g/mol. The lowest BCUT2D eigenvalue weighted by Gasteiger charge is -2.14. The summed E-state index contributed by atoms with van der Waals surface area (Å²) in [7, 11) is 3.96. The van der Waals surface area contributed by atoms with Crippen molar-refractivity contribution in [1.82, 2.24) is 14.5 Å². The molecule has 0 spiro atoms. The van der Waals surface area contributed by atoms with Gasteiger partial charge in [-0.1, -0.05) is 12.2 Å². The Morgan fingerprint density at radius 2 is 2.15 bits per heavy atom. The minimum Gasteiger partial charge on any atom is -0.377 e. The van der Waals surface area contributed by atoms with Gasteiger partial charge in [-0.3, -0.25) is 9.36 Å². The molecule has 0 amide bonds. The molecule has 0 saturated carbocycles. The lowest BCUT2D eigenvalue weighted by molar-refractivity contribution is 0.996. The van der Waals surface area contributed by atoms with Crippen LogP contribution in [0.4, 0.5) is 5.69 Å². The van der Waals surface area contributed by atoms with Crippen LogP contribution < -0.4 is 10.5 Å². The number of alkyl halides is 1. The van der Waals surface area contributed by atoms with E-state index in [-0.39, 0.29) is 10.9 Å². The van der Waals surface area contributed by atoms with Crippen LogP contribution in [0.1, 0.15) is 19.5 Å². The summed E-state index contributed by atoms with van der Waals surface area (Å²) in [4.78, 5) is 25.2. The first-order valence-corrected chi connectivity index (χ1v) is 9.56. The zero-order chi connectivity index (χ0) is 19.0. The molecule has 5 nitrogen and oxygen atoms in total. The smallest absolute Gasteiger partial charge is 0.275 e. The number of pyridine rings is 1. The van der Waals surface area contributed by atoms with Crippen molar-refractivity contribution in [3.63, 3.8) is 0 Å². The number of hydrogen-bond donors (Lipinski definition) is 0. The molecule has 3 heterocycles. The summed E-state index contributed by atoms with van der Waals surface area (Å²) in [5, 5.41) is 0.813. The van der Waals surface area contributed by atoms with Gasteiger partial charge in [0.1, 0.15) is 21.4 Å². The fraction of sp³-hybridized carbons (Fsp3) is 0.316. The Kier molecular flexibility index (Phi) is 5.16. The predicted octanol–water partition coefficient (Wildman–Crippen LogP) is 4.42. The average Bonchev–Trinajstić information content (AvgIpc) is 2.95. The van der Waals surface area contributed by atoms with E-state index in [1.54, 1.807) is 10.9 Å². The van der Waals surface area contributed by atoms with Crippen molar-refractivity contribution in [1.29, 1.82) is 0 Å². The zero-order valence-corrected chi connectivity index (χ0v) is 17.0.